The maximum atomic E-state index is 6.43. The SMILES string of the molecule is CCCN(CCN(C)C)CC(N)c1ccc(C)cc1C. The summed E-state index contributed by atoms with van der Waals surface area (Å²) < 4.78 is 0. The van der Waals surface area contributed by atoms with E-state index in [1.165, 1.54) is 23.1 Å². The molecule has 0 aromatic heterocycles. The molecule has 1 aromatic rings. The normalized spacial score (nSPS) is 13.2. The summed E-state index contributed by atoms with van der Waals surface area (Å²) in [4.78, 5) is 4.70. The molecule has 0 saturated heterocycles. The summed E-state index contributed by atoms with van der Waals surface area (Å²) in [5, 5.41) is 0. The summed E-state index contributed by atoms with van der Waals surface area (Å²) in [6, 6.07) is 6.67. The third-order valence-electron chi connectivity index (χ3n) is 3.68. The molecule has 0 aliphatic heterocycles. The van der Waals surface area contributed by atoms with E-state index in [4.69, 9.17) is 5.73 Å². The zero-order valence-corrected chi connectivity index (χ0v) is 13.8. The zero-order chi connectivity index (χ0) is 15.1. The van der Waals surface area contributed by atoms with Gasteiger partial charge in [-0.25, -0.2) is 0 Å². The van der Waals surface area contributed by atoms with E-state index in [2.05, 4.69) is 62.9 Å². The molecule has 114 valence electrons. The molecule has 1 aromatic carbocycles. The molecular weight excluding hydrogens is 246 g/mol. The van der Waals surface area contributed by atoms with Gasteiger partial charge in [0.1, 0.15) is 0 Å². The smallest absolute Gasteiger partial charge is 0.0426 e. The van der Waals surface area contributed by atoms with E-state index in [0.717, 1.165) is 26.2 Å². The largest absolute Gasteiger partial charge is 0.323 e. The minimum absolute atomic E-state index is 0.101. The molecule has 20 heavy (non-hydrogen) atoms. The number of hydrogen-bond acceptors (Lipinski definition) is 3. The highest BCUT2D eigenvalue weighted by atomic mass is 15.2. The molecule has 0 amide bonds. The van der Waals surface area contributed by atoms with Crippen molar-refractivity contribution in [1.82, 2.24) is 9.80 Å². The topological polar surface area (TPSA) is 32.5 Å². The van der Waals surface area contributed by atoms with Crippen molar-refractivity contribution in [2.24, 2.45) is 5.73 Å². The predicted molar refractivity (Wildman–Crippen MR) is 88.1 cm³/mol. The molecule has 0 saturated carbocycles. The van der Waals surface area contributed by atoms with Crippen LogP contribution in [0.4, 0.5) is 0 Å². The molecule has 1 atom stereocenters. The van der Waals surface area contributed by atoms with Crippen molar-refractivity contribution < 1.29 is 0 Å². The fraction of sp³-hybridized carbons (Fsp3) is 0.647. The first-order valence-corrected chi connectivity index (χ1v) is 7.63. The van der Waals surface area contributed by atoms with Gasteiger partial charge in [-0.3, -0.25) is 0 Å². The van der Waals surface area contributed by atoms with E-state index in [9.17, 15) is 0 Å². The lowest BCUT2D eigenvalue weighted by Gasteiger charge is -2.27. The van der Waals surface area contributed by atoms with Gasteiger partial charge in [0, 0.05) is 25.7 Å². The molecule has 0 aliphatic carbocycles. The van der Waals surface area contributed by atoms with Gasteiger partial charge >= 0.3 is 0 Å². The molecule has 0 spiro atoms. The van der Waals surface area contributed by atoms with Gasteiger partial charge in [-0.15, -0.1) is 0 Å². The molecule has 0 heterocycles. The van der Waals surface area contributed by atoms with Crippen LogP contribution in [-0.4, -0.2) is 50.1 Å². The van der Waals surface area contributed by atoms with Crippen molar-refractivity contribution in [2.45, 2.75) is 33.2 Å². The van der Waals surface area contributed by atoms with Gasteiger partial charge in [0.15, 0.2) is 0 Å². The Morgan fingerprint density at radius 2 is 1.80 bits per heavy atom. The van der Waals surface area contributed by atoms with Crippen LogP contribution in [0.15, 0.2) is 18.2 Å². The summed E-state index contributed by atoms with van der Waals surface area (Å²) in [5.41, 5.74) is 10.3. The number of nitrogens with two attached hydrogens (primary N) is 1. The van der Waals surface area contributed by atoms with E-state index in [1.54, 1.807) is 0 Å². The first-order chi connectivity index (χ1) is 9.43. The lowest BCUT2D eigenvalue weighted by molar-refractivity contribution is 0.229. The number of benzene rings is 1. The minimum atomic E-state index is 0.101. The standard InChI is InChI=1S/C17H31N3/c1-6-9-20(11-10-19(4)5)13-17(18)16-8-7-14(2)12-15(16)3/h7-8,12,17H,6,9-11,13,18H2,1-5H3. The number of likely N-dealkylation sites (N-methyl/N-ethyl adjacent to an activating group) is 1. The first-order valence-electron chi connectivity index (χ1n) is 7.63. The molecule has 0 fully saturated rings. The van der Waals surface area contributed by atoms with Crippen molar-refractivity contribution in [3.05, 3.63) is 34.9 Å². The van der Waals surface area contributed by atoms with Crippen LogP contribution in [0.2, 0.25) is 0 Å². The summed E-state index contributed by atoms with van der Waals surface area (Å²) in [7, 11) is 4.24. The molecule has 0 aliphatic rings. The Balaban J connectivity index is 2.66. The van der Waals surface area contributed by atoms with E-state index >= 15 is 0 Å². The average Bonchev–Trinajstić information content (AvgIpc) is 2.35. The Morgan fingerprint density at radius 3 is 2.35 bits per heavy atom. The highest BCUT2D eigenvalue weighted by Gasteiger charge is 2.13. The van der Waals surface area contributed by atoms with E-state index < -0.39 is 0 Å². The van der Waals surface area contributed by atoms with Crippen molar-refractivity contribution in [2.75, 3.05) is 40.3 Å². The summed E-state index contributed by atoms with van der Waals surface area (Å²) >= 11 is 0. The third-order valence-corrected chi connectivity index (χ3v) is 3.68. The summed E-state index contributed by atoms with van der Waals surface area (Å²) in [6.07, 6.45) is 1.17. The summed E-state index contributed by atoms with van der Waals surface area (Å²) in [6.45, 7) is 10.7. The van der Waals surface area contributed by atoms with Gasteiger partial charge in [-0.1, -0.05) is 30.7 Å². The molecular formula is C17H31N3. The second-order valence-corrected chi connectivity index (χ2v) is 6.07. The van der Waals surface area contributed by atoms with Gasteiger partial charge in [-0.2, -0.15) is 0 Å². The zero-order valence-electron chi connectivity index (χ0n) is 13.8. The lowest BCUT2D eigenvalue weighted by Crippen LogP contribution is -2.37. The fourth-order valence-electron chi connectivity index (χ4n) is 2.57. The Labute approximate surface area is 124 Å². The Kier molecular flexibility index (Phi) is 7.20. The number of hydrogen-bond donors (Lipinski definition) is 1. The quantitative estimate of drug-likeness (QED) is 0.793. The maximum absolute atomic E-state index is 6.43. The molecule has 3 nitrogen and oxygen atoms in total. The Bertz CT molecular complexity index is 401. The molecule has 0 bridgehead atoms. The van der Waals surface area contributed by atoms with E-state index in [-0.39, 0.29) is 6.04 Å². The highest BCUT2D eigenvalue weighted by Crippen LogP contribution is 2.18. The molecule has 1 unspecified atom stereocenters. The number of rotatable bonds is 8. The van der Waals surface area contributed by atoms with Crippen LogP contribution in [0.1, 0.15) is 36.1 Å². The molecule has 1 rings (SSSR count). The van der Waals surface area contributed by atoms with Gasteiger partial charge in [-0.05, 0) is 52.0 Å². The lowest BCUT2D eigenvalue weighted by atomic mass is 9.99. The Hall–Kier alpha value is -0.900. The van der Waals surface area contributed by atoms with Gasteiger partial charge in [0.2, 0.25) is 0 Å². The van der Waals surface area contributed by atoms with Crippen LogP contribution in [0.5, 0.6) is 0 Å². The molecule has 0 radical (unpaired) electrons. The highest BCUT2D eigenvalue weighted by molar-refractivity contribution is 5.32. The van der Waals surface area contributed by atoms with Crippen LogP contribution in [0, 0.1) is 13.8 Å². The average molecular weight is 277 g/mol. The second-order valence-electron chi connectivity index (χ2n) is 6.07. The van der Waals surface area contributed by atoms with Crippen molar-refractivity contribution in [3.63, 3.8) is 0 Å². The number of nitrogens with zero attached hydrogens (tertiary/aromatic N) is 2. The van der Waals surface area contributed by atoms with Crippen LogP contribution < -0.4 is 5.73 Å². The van der Waals surface area contributed by atoms with Crippen molar-refractivity contribution >= 4 is 0 Å². The summed E-state index contributed by atoms with van der Waals surface area (Å²) in [5.74, 6) is 0. The van der Waals surface area contributed by atoms with Gasteiger partial charge in [0.05, 0.1) is 0 Å². The Morgan fingerprint density at radius 1 is 1.10 bits per heavy atom. The van der Waals surface area contributed by atoms with Gasteiger partial charge in [0.25, 0.3) is 0 Å². The number of aryl methyl sites for hydroxylation is 2. The predicted octanol–water partition coefficient (Wildman–Crippen LogP) is 2.58. The van der Waals surface area contributed by atoms with Crippen LogP contribution in [0.25, 0.3) is 0 Å². The minimum Gasteiger partial charge on any atom is -0.323 e. The third kappa shape index (κ3) is 5.61. The second kappa shape index (κ2) is 8.40. The maximum Gasteiger partial charge on any atom is 0.0426 e. The first kappa shape index (κ1) is 17.2. The van der Waals surface area contributed by atoms with Crippen LogP contribution >= 0.6 is 0 Å². The monoisotopic (exact) mass is 277 g/mol. The molecule has 2 N–H and O–H groups in total. The van der Waals surface area contributed by atoms with Crippen LogP contribution in [0.3, 0.4) is 0 Å². The fourth-order valence-corrected chi connectivity index (χ4v) is 2.57. The van der Waals surface area contributed by atoms with Crippen LogP contribution in [-0.2, 0) is 0 Å². The van der Waals surface area contributed by atoms with Crippen molar-refractivity contribution in [1.29, 1.82) is 0 Å². The van der Waals surface area contributed by atoms with E-state index in [0.29, 0.717) is 0 Å². The van der Waals surface area contributed by atoms with E-state index in [1.807, 2.05) is 0 Å². The molecule has 3 heteroatoms. The van der Waals surface area contributed by atoms with Crippen molar-refractivity contribution in [3.8, 4) is 0 Å². The van der Waals surface area contributed by atoms with Gasteiger partial charge < -0.3 is 15.5 Å².